The first kappa shape index (κ1) is 23.7. The second kappa shape index (κ2) is 11.1. The van der Waals surface area contributed by atoms with Gasteiger partial charge >= 0.3 is 0 Å². The van der Waals surface area contributed by atoms with Crippen LogP contribution in [0, 0.1) is 0 Å². The minimum atomic E-state index is 0. The van der Waals surface area contributed by atoms with Gasteiger partial charge in [0.05, 0.1) is 11.2 Å². The number of benzene rings is 3. The molecule has 0 atom stereocenters. The van der Waals surface area contributed by atoms with Crippen molar-refractivity contribution in [2.75, 3.05) is 13.1 Å². The molecular weight excluding hydrogens is 449 g/mol. The molecule has 0 amide bonds. The SMILES string of the molecule is Cl.Clc1ccc2c(CNC3CCN(Cc4ccccc4)CC3)cc(-c3ccccc3)nc2c1. The number of aromatic nitrogens is 1. The van der Waals surface area contributed by atoms with Gasteiger partial charge in [-0.25, -0.2) is 4.98 Å². The van der Waals surface area contributed by atoms with E-state index in [0.29, 0.717) is 6.04 Å². The molecule has 5 rings (SSSR count). The lowest BCUT2D eigenvalue weighted by molar-refractivity contribution is 0.190. The topological polar surface area (TPSA) is 28.2 Å². The second-order valence-electron chi connectivity index (χ2n) is 8.61. The number of fused-ring (bicyclic) bond motifs is 1. The Morgan fingerprint density at radius 2 is 1.58 bits per heavy atom. The van der Waals surface area contributed by atoms with Gasteiger partial charge in [0, 0.05) is 35.1 Å². The summed E-state index contributed by atoms with van der Waals surface area (Å²) in [7, 11) is 0. The predicted molar refractivity (Wildman–Crippen MR) is 141 cm³/mol. The predicted octanol–water partition coefficient (Wildman–Crippen LogP) is 6.73. The second-order valence-corrected chi connectivity index (χ2v) is 9.05. The van der Waals surface area contributed by atoms with Gasteiger partial charge in [-0.2, -0.15) is 0 Å². The summed E-state index contributed by atoms with van der Waals surface area (Å²) in [5.74, 6) is 0. The zero-order valence-corrected chi connectivity index (χ0v) is 20.2. The molecule has 0 saturated carbocycles. The molecular formula is C28H29Cl2N3. The highest BCUT2D eigenvalue weighted by atomic mass is 35.5. The molecule has 1 saturated heterocycles. The van der Waals surface area contributed by atoms with Gasteiger partial charge < -0.3 is 5.32 Å². The minimum Gasteiger partial charge on any atom is -0.310 e. The Balaban J connectivity index is 0.00000259. The summed E-state index contributed by atoms with van der Waals surface area (Å²) in [6.45, 7) is 4.15. The van der Waals surface area contributed by atoms with Crippen LogP contribution in [0.15, 0.2) is 84.9 Å². The molecule has 1 N–H and O–H groups in total. The Hall–Kier alpha value is -2.43. The molecule has 0 radical (unpaired) electrons. The Bertz CT molecular complexity index is 1170. The molecule has 1 aromatic heterocycles. The van der Waals surface area contributed by atoms with Crippen LogP contribution in [0.2, 0.25) is 5.02 Å². The monoisotopic (exact) mass is 477 g/mol. The van der Waals surface area contributed by atoms with Crippen LogP contribution >= 0.6 is 24.0 Å². The van der Waals surface area contributed by atoms with Crippen molar-refractivity contribution < 1.29 is 0 Å². The largest absolute Gasteiger partial charge is 0.310 e. The number of piperidine rings is 1. The summed E-state index contributed by atoms with van der Waals surface area (Å²) in [6.07, 6.45) is 2.35. The van der Waals surface area contributed by atoms with E-state index in [2.05, 4.69) is 76.9 Å². The van der Waals surface area contributed by atoms with Gasteiger partial charge in [-0.05, 0) is 55.3 Å². The van der Waals surface area contributed by atoms with Crippen LogP contribution < -0.4 is 5.32 Å². The fourth-order valence-corrected chi connectivity index (χ4v) is 4.73. The zero-order valence-electron chi connectivity index (χ0n) is 18.6. The lowest BCUT2D eigenvalue weighted by atomic mass is 10.0. The fourth-order valence-electron chi connectivity index (χ4n) is 4.57. The van der Waals surface area contributed by atoms with E-state index in [1.807, 2.05) is 18.2 Å². The number of likely N-dealkylation sites (tertiary alicyclic amines) is 1. The molecule has 4 aromatic rings. The number of hydrogen-bond donors (Lipinski definition) is 1. The van der Waals surface area contributed by atoms with E-state index in [1.165, 1.54) is 29.4 Å². The quantitative estimate of drug-likeness (QED) is 0.333. The molecule has 1 aliphatic rings. The third kappa shape index (κ3) is 5.93. The summed E-state index contributed by atoms with van der Waals surface area (Å²) in [4.78, 5) is 7.45. The molecule has 3 nitrogen and oxygen atoms in total. The molecule has 5 heteroatoms. The molecule has 3 aromatic carbocycles. The molecule has 0 unspecified atom stereocenters. The van der Waals surface area contributed by atoms with Crippen molar-refractivity contribution in [1.29, 1.82) is 0 Å². The standard InChI is InChI=1S/C28H28ClN3.ClH/c29-24-11-12-26-23(17-27(31-28(26)18-24)22-9-5-2-6-10-22)19-30-25-13-15-32(16-14-25)20-21-7-3-1-4-8-21;/h1-12,17-18,25,30H,13-16,19-20H2;1H. The van der Waals surface area contributed by atoms with E-state index in [0.717, 1.165) is 48.0 Å². The van der Waals surface area contributed by atoms with Gasteiger partial charge in [0.15, 0.2) is 0 Å². The van der Waals surface area contributed by atoms with E-state index < -0.39 is 0 Å². The van der Waals surface area contributed by atoms with Crippen LogP contribution in [0.5, 0.6) is 0 Å². The van der Waals surface area contributed by atoms with Crippen molar-refractivity contribution in [2.24, 2.45) is 0 Å². The number of nitrogens with one attached hydrogen (secondary N) is 1. The lowest BCUT2D eigenvalue weighted by Gasteiger charge is -2.32. The Morgan fingerprint density at radius 3 is 2.30 bits per heavy atom. The van der Waals surface area contributed by atoms with E-state index in [-0.39, 0.29) is 12.4 Å². The average Bonchev–Trinajstić information content (AvgIpc) is 2.84. The highest BCUT2D eigenvalue weighted by Gasteiger charge is 2.19. The number of rotatable bonds is 6. The Kier molecular flexibility index (Phi) is 8.00. The summed E-state index contributed by atoms with van der Waals surface area (Å²) >= 11 is 6.28. The van der Waals surface area contributed by atoms with Gasteiger partial charge in [-0.1, -0.05) is 78.3 Å². The van der Waals surface area contributed by atoms with Crippen molar-refractivity contribution >= 4 is 34.9 Å². The summed E-state index contributed by atoms with van der Waals surface area (Å²) < 4.78 is 0. The molecule has 0 aliphatic carbocycles. The van der Waals surface area contributed by atoms with Gasteiger partial charge in [-0.15, -0.1) is 12.4 Å². The number of nitrogens with zero attached hydrogens (tertiary/aromatic N) is 2. The van der Waals surface area contributed by atoms with Gasteiger partial charge in [0.2, 0.25) is 0 Å². The van der Waals surface area contributed by atoms with Crippen molar-refractivity contribution in [3.63, 3.8) is 0 Å². The number of halogens is 2. The molecule has 33 heavy (non-hydrogen) atoms. The molecule has 0 bridgehead atoms. The molecule has 2 heterocycles. The van der Waals surface area contributed by atoms with Gasteiger partial charge in [0.1, 0.15) is 0 Å². The van der Waals surface area contributed by atoms with E-state index in [9.17, 15) is 0 Å². The third-order valence-electron chi connectivity index (χ3n) is 6.34. The Morgan fingerprint density at radius 1 is 0.879 bits per heavy atom. The lowest BCUT2D eigenvalue weighted by Crippen LogP contribution is -2.41. The maximum atomic E-state index is 6.28. The molecule has 0 spiro atoms. The van der Waals surface area contributed by atoms with E-state index in [1.54, 1.807) is 0 Å². The smallest absolute Gasteiger partial charge is 0.0727 e. The third-order valence-corrected chi connectivity index (χ3v) is 6.58. The first-order chi connectivity index (χ1) is 15.7. The molecule has 1 aliphatic heterocycles. The number of hydrogen-bond acceptors (Lipinski definition) is 3. The maximum absolute atomic E-state index is 6.28. The molecule has 170 valence electrons. The van der Waals surface area contributed by atoms with Gasteiger partial charge in [0.25, 0.3) is 0 Å². The minimum absolute atomic E-state index is 0. The fraction of sp³-hybridized carbons (Fsp3) is 0.250. The van der Waals surface area contributed by atoms with Crippen LogP contribution in [0.4, 0.5) is 0 Å². The maximum Gasteiger partial charge on any atom is 0.0727 e. The number of pyridine rings is 1. The summed E-state index contributed by atoms with van der Waals surface area (Å²) in [5.41, 5.74) is 5.75. The van der Waals surface area contributed by atoms with Crippen LogP contribution in [0.25, 0.3) is 22.2 Å². The summed E-state index contributed by atoms with van der Waals surface area (Å²) in [6, 6.07) is 29.9. The van der Waals surface area contributed by atoms with Gasteiger partial charge in [-0.3, -0.25) is 4.90 Å². The highest BCUT2D eigenvalue weighted by molar-refractivity contribution is 6.31. The van der Waals surface area contributed by atoms with Crippen molar-refractivity contribution in [1.82, 2.24) is 15.2 Å². The summed E-state index contributed by atoms with van der Waals surface area (Å²) in [5, 5.41) is 5.71. The van der Waals surface area contributed by atoms with Crippen molar-refractivity contribution in [3.05, 3.63) is 101 Å². The van der Waals surface area contributed by atoms with Crippen LogP contribution in [-0.2, 0) is 13.1 Å². The van der Waals surface area contributed by atoms with E-state index in [4.69, 9.17) is 16.6 Å². The first-order valence-corrected chi connectivity index (χ1v) is 11.8. The molecule has 1 fully saturated rings. The van der Waals surface area contributed by atoms with Crippen molar-refractivity contribution in [2.45, 2.75) is 32.0 Å². The van der Waals surface area contributed by atoms with E-state index >= 15 is 0 Å². The van der Waals surface area contributed by atoms with Crippen LogP contribution in [0.3, 0.4) is 0 Å². The van der Waals surface area contributed by atoms with Crippen LogP contribution in [-0.4, -0.2) is 29.0 Å². The normalized spacial score (nSPS) is 14.8. The zero-order chi connectivity index (χ0) is 21.8. The van der Waals surface area contributed by atoms with Crippen LogP contribution in [0.1, 0.15) is 24.0 Å². The average molecular weight is 478 g/mol. The van der Waals surface area contributed by atoms with Crippen molar-refractivity contribution in [3.8, 4) is 11.3 Å². The first-order valence-electron chi connectivity index (χ1n) is 11.4. The Labute approximate surface area is 207 Å². The highest BCUT2D eigenvalue weighted by Crippen LogP contribution is 2.27.